The first-order chi connectivity index (χ1) is 7.15. The summed E-state index contributed by atoms with van der Waals surface area (Å²) in [5.74, 6) is 0.671. The Morgan fingerprint density at radius 2 is 2.07 bits per heavy atom. The number of rotatable bonds is 6. The monoisotopic (exact) mass is 217 g/mol. The van der Waals surface area contributed by atoms with Gasteiger partial charge in [-0.15, -0.1) is 0 Å². The van der Waals surface area contributed by atoms with E-state index in [1.54, 1.807) is 12.3 Å². The average molecular weight is 217 g/mol. The molecule has 0 atom stereocenters. The van der Waals surface area contributed by atoms with Crippen LogP contribution in [0.1, 0.15) is 26.7 Å². The van der Waals surface area contributed by atoms with Gasteiger partial charge in [-0.2, -0.15) is 5.10 Å². The van der Waals surface area contributed by atoms with Crippen molar-refractivity contribution < 1.29 is 8.78 Å². The lowest BCUT2D eigenvalue weighted by Gasteiger charge is -2.13. The summed E-state index contributed by atoms with van der Waals surface area (Å²) in [6.45, 7) is 3.82. The first-order valence-corrected chi connectivity index (χ1v) is 5.23. The SMILES string of the molecule is CCC(CC)Nc1ccn(CC(F)F)n1. The molecular weight excluding hydrogens is 200 g/mol. The average Bonchev–Trinajstić information content (AvgIpc) is 2.61. The van der Waals surface area contributed by atoms with Gasteiger partial charge in [-0.3, -0.25) is 4.68 Å². The lowest BCUT2D eigenvalue weighted by molar-refractivity contribution is 0.122. The van der Waals surface area contributed by atoms with E-state index in [1.165, 1.54) is 4.68 Å². The molecule has 1 heterocycles. The Bertz CT molecular complexity index is 282. The Balaban J connectivity index is 2.52. The molecule has 3 nitrogen and oxygen atoms in total. The fraction of sp³-hybridized carbons (Fsp3) is 0.700. The Morgan fingerprint density at radius 1 is 1.40 bits per heavy atom. The first-order valence-electron chi connectivity index (χ1n) is 5.23. The van der Waals surface area contributed by atoms with E-state index in [-0.39, 0.29) is 6.54 Å². The second-order valence-electron chi connectivity index (χ2n) is 3.47. The molecule has 0 aliphatic heterocycles. The van der Waals surface area contributed by atoms with Crippen molar-refractivity contribution in [3.05, 3.63) is 12.3 Å². The Labute approximate surface area is 88.5 Å². The number of anilines is 1. The van der Waals surface area contributed by atoms with Gasteiger partial charge in [0.05, 0.1) is 0 Å². The van der Waals surface area contributed by atoms with E-state index in [1.807, 2.05) is 0 Å². The lowest BCUT2D eigenvalue weighted by Crippen LogP contribution is -2.17. The second kappa shape index (κ2) is 5.68. The maximum Gasteiger partial charge on any atom is 0.257 e. The molecule has 0 aliphatic rings. The van der Waals surface area contributed by atoms with Gasteiger partial charge in [-0.05, 0) is 12.8 Å². The van der Waals surface area contributed by atoms with Crippen molar-refractivity contribution in [3.63, 3.8) is 0 Å². The second-order valence-corrected chi connectivity index (χ2v) is 3.47. The van der Waals surface area contributed by atoms with Crippen molar-refractivity contribution in [2.75, 3.05) is 5.32 Å². The van der Waals surface area contributed by atoms with E-state index in [0.29, 0.717) is 11.9 Å². The van der Waals surface area contributed by atoms with Crippen molar-refractivity contribution >= 4 is 5.82 Å². The zero-order valence-electron chi connectivity index (χ0n) is 9.08. The third-order valence-corrected chi connectivity index (χ3v) is 2.30. The van der Waals surface area contributed by atoms with Crippen LogP contribution in [0.2, 0.25) is 0 Å². The minimum Gasteiger partial charge on any atom is -0.366 e. The predicted molar refractivity (Wildman–Crippen MR) is 56.2 cm³/mol. The van der Waals surface area contributed by atoms with Crippen LogP contribution in [-0.2, 0) is 6.54 Å². The number of nitrogens with one attached hydrogen (secondary N) is 1. The van der Waals surface area contributed by atoms with Crippen LogP contribution < -0.4 is 5.32 Å². The number of aromatic nitrogens is 2. The van der Waals surface area contributed by atoms with Gasteiger partial charge in [0.1, 0.15) is 12.4 Å². The molecule has 1 aromatic rings. The molecule has 1 rings (SSSR count). The van der Waals surface area contributed by atoms with Crippen LogP contribution in [0.4, 0.5) is 14.6 Å². The molecule has 0 radical (unpaired) electrons. The first kappa shape index (κ1) is 11.9. The van der Waals surface area contributed by atoms with Crippen LogP contribution in [0.25, 0.3) is 0 Å². The molecule has 0 saturated carbocycles. The van der Waals surface area contributed by atoms with E-state index in [4.69, 9.17) is 0 Å². The molecule has 0 unspecified atom stereocenters. The standard InChI is InChI=1S/C10H17F2N3/c1-3-8(4-2)13-10-5-6-15(14-10)7-9(11)12/h5-6,8-9H,3-4,7H2,1-2H3,(H,13,14). The van der Waals surface area contributed by atoms with Gasteiger partial charge in [-0.25, -0.2) is 8.78 Å². The number of hydrogen-bond acceptors (Lipinski definition) is 2. The van der Waals surface area contributed by atoms with Gasteiger partial charge in [0.15, 0.2) is 0 Å². The fourth-order valence-electron chi connectivity index (χ4n) is 1.38. The number of halogens is 2. The Morgan fingerprint density at radius 3 is 2.60 bits per heavy atom. The normalized spacial score (nSPS) is 11.3. The van der Waals surface area contributed by atoms with Gasteiger partial charge >= 0.3 is 0 Å². The van der Waals surface area contributed by atoms with Crippen LogP contribution in [0.5, 0.6) is 0 Å². The molecule has 0 aliphatic carbocycles. The summed E-state index contributed by atoms with van der Waals surface area (Å²) in [4.78, 5) is 0. The van der Waals surface area contributed by atoms with Crippen molar-refractivity contribution in [3.8, 4) is 0 Å². The van der Waals surface area contributed by atoms with E-state index in [2.05, 4.69) is 24.3 Å². The summed E-state index contributed by atoms with van der Waals surface area (Å²) in [7, 11) is 0. The molecule has 1 aromatic heterocycles. The van der Waals surface area contributed by atoms with Gasteiger partial charge in [0.25, 0.3) is 6.43 Å². The van der Waals surface area contributed by atoms with Crippen molar-refractivity contribution in [1.82, 2.24) is 9.78 Å². The van der Waals surface area contributed by atoms with Gasteiger partial charge in [0.2, 0.25) is 0 Å². The lowest BCUT2D eigenvalue weighted by atomic mass is 10.2. The van der Waals surface area contributed by atoms with Crippen molar-refractivity contribution in [2.45, 2.75) is 45.7 Å². The highest BCUT2D eigenvalue weighted by atomic mass is 19.3. The molecule has 0 aromatic carbocycles. The summed E-state index contributed by atoms with van der Waals surface area (Å²) in [5.41, 5.74) is 0. The van der Waals surface area contributed by atoms with E-state index in [9.17, 15) is 8.78 Å². The predicted octanol–water partition coefficient (Wildman–Crippen LogP) is 2.75. The van der Waals surface area contributed by atoms with Crippen molar-refractivity contribution in [1.29, 1.82) is 0 Å². The van der Waals surface area contributed by atoms with Crippen molar-refractivity contribution in [2.24, 2.45) is 0 Å². The molecule has 0 fully saturated rings. The minimum absolute atomic E-state index is 0.343. The molecular formula is C10H17F2N3. The highest BCUT2D eigenvalue weighted by molar-refractivity contribution is 5.33. The van der Waals surface area contributed by atoms with Crippen LogP contribution in [-0.4, -0.2) is 22.2 Å². The largest absolute Gasteiger partial charge is 0.366 e. The highest BCUT2D eigenvalue weighted by Gasteiger charge is 2.08. The minimum atomic E-state index is -2.36. The Hall–Kier alpha value is -1.13. The molecule has 1 N–H and O–H groups in total. The van der Waals surface area contributed by atoms with Crippen LogP contribution in [0.3, 0.4) is 0 Å². The number of hydrogen-bond donors (Lipinski definition) is 1. The molecule has 5 heteroatoms. The summed E-state index contributed by atoms with van der Waals surface area (Å²) in [6.07, 6.45) is 1.21. The van der Waals surface area contributed by atoms with Crippen LogP contribution in [0.15, 0.2) is 12.3 Å². The number of nitrogens with zero attached hydrogens (tertiary/aromatic N) is 2. The van der Waals surface area contributed by atoms with Crippen LogP contribution >= 0.6 is 0 Å². The molecule has 0 bridgehead atoms. The molecule has 0 spiro atoms. The fourth-order valence-corrected chi connectivity index (χ4v) is 1.38. The zero-order chi connectivity index (χ0) is 11.3. The third-order valence-electron chi connectivity index (χ3n) is 2.30. The zero-order valence-corrected chi connectivity index (χ0v) is 9.08. The molecule has 0 saturated heterocycles. The topological polar surface area (TPSA) is 29.9 Å². The maximum absolute atomic E-state index is 12.0. The van der Waals surface area contributed by atoms with Crippen LogP contribution in [0, 0.1) is 0 Å². The van der Waals surface area contributed by atoms with Gasteiger partial charge < -0.3 is 5.32 Å². The smallest absolute Gasteiger partial charge is 0.257 e. The highest BCUT2D eigenvalue weighted by Crippen LogP contribution is 2.09. The summed E-state index contributed by atoms with van der Waals surface area (Å²) < 4.78 is 25.3. The summed E-state index contributed by atoms with van der Waals surface area (Å²) >= 11 is 0. The third kappa shape index (κ3) is 3.85. The summed E-state index contributed by atoms with van der Waals surface area (Å²) in [5, 5.41) is 7.21. The summed E-state index contributed by atoms with van der Waals surface area (Å²) in [6, 6.07) is 2.08. The van der Waals surface area contributed by atoms with Gasteiger partial charge in [0, 0.05) is 18.3 Å². The maximum atomic E-state index is 12.0. The number of alkyl halides is 2. The molecule has 86 valence electrons. The Kier molecular flexibility index (Phi) is 4.52. The van der Waals surface area contributed by atoms with Gasteiger partial charge in [-0.1, -0.05) is 13.8 Å². The van der Waals surface area contributed by atoms with E-state index < -0.39 is 6.43 Å². The van der Waals surface area contributed by atoms with E-state index >= 15 is 0 Å². The quantitative estimate of drug-likeness (QED) is 0.794. The molecule has 15 heavy (non-hydrogen) atoms. The van der Waals surface area contributed by atoms with E-state index in [0.717, 1.165) is 12.8 Å². The molecule has 0 amide bonds.